The first kappa shape index (κ1) is 15.5. The summed E-state index contributed by atoms with van der Waals surface area (Å²) in [5, 5.41) is 12.6. The summed E-state index contributed by atoms with van der Waals surface area (Å²) in [5.74, 6) is 1.74. The van der Waals surface area contributed by atoms with Gasteiger partial charge in [0, 0.05) is 44.0 Å². The third-order valence-corrected chi connectivity index (χ3v) is 3.91. The molecule has 1 saturated heterocycles. The van der Waals surface area contributed by atoms with Crippen LogP contribution in [0.2, 0.25) is 0 Å². The number of carbonyl (C=O) groups excluding carboxylic acids is 1. The molecule has 2 aromatic rings. The highest BCUT2D eigenvalue weighted by Gasteiger charge is 2.29. The zero-order valence-corrected chi connectivity index (χ0v) is 13.8. The maximum absolute atomic E-state index is 12.3. The molecule has 1 aliphatic heterocycles. The molecule has 1 amide bonds. The van der Waals surface area contributed by atoms with E-state index in [4.69, 9.17) is 0 Å². The van der Waals surface area contributed by atoms with Crippen molar-refractivity contribution in [2.24, 2.45) is 5.41 Å². The summed E-state index contributed by atoms with van der Waals surface area (Å²) < 4.78 is 1.68. The molecule has 0 aromatic carbocycles. The Kier molecular flexibility index (Phi) is 4.02. The Hall–Kier alpha value is -2.44. The second kappa shape index (κ2) is 5.98. The Balaban J connectivity index is 1.63. The number of rotatable bonds is 2. The van der Waals surface area contributed by atoms with Gasteiger partial charge in [0.15, 0.2) is 11.6 Å². The van der Waals surface area contributed by atoms with Crippen molar-refractivity contribution in [1.29, 1.82) is 0 Å². The van der Waals surface area contributed by atoms with Crippen LogP contribution in [-0.4, -0.2) is 57.0 Å². The minimum Gasteiger partial charge on any atom is -0.352 e. The number of anilines is 1. The Morgan fingerprint density at radius 1 is 1.04 bits per heavy atom. The molecule has 7 nitrogen and oxygen atoms in total. The van der Waals surface area contributed by atoms with Gasteiger partial charge in [0.25, 0.3) is 0 Å². The number of piperazine rings is 1. The second-order valence-corrected chi connectivity index (χ2v) is 6.73. The van der Waals surface area contributed by atoms with E-state index >= 15 is 0 Å². The molecule has 122 valence electrons. The fraction of sp³-hybridized carbons (Fsp3) is 0.500. The van der Waals surface area contributed by atoms with Gasteiger partial charge < -0.3 is 9.80 Å². The number of aromatic nitrogens is 4. The van der Waals surface area contributed by atoms with Crippen molar-refractivity contribution in [2.45, 2.75) is 20.8 Å². The summed E-state index contributed by atoms with van der Waals surface area (Å²) >= 11 is 0. The lowest BCUT2D eigenvalue weighted by atomic mass is 9.94. The van der Waals surface area contributed by atoms with Gasteiger partial charge >= 0.3 is 0 Å². The van der Waals surface area contributed by atoms with E-state index in [1.165, 1.54) is 0 Å². The van der Waals surface area contributed by atoms with Crippen LogP contribution in [0.1, 0.15) is 20.8 Å². The van der Waals surface area contributed by atoms with Crippen molar-refractivity contribution in [1.82, 2.24) is 24.9 Å². The Labute approximate surface area is 135 Å². The van der Waals surface area contributed by atoms with Gasteiger partial charge in [-0.15, -0.1) is 10.2 Å². The first-order valence-electron chi connectivity index (χ1n) is 7.83. The van der Waals surface area contributed by atoms with Crippen molar-refractivity contribution >= 4 is 11.7 Å². The topological polar surface area (TPSA) is 67.2 Å². The molecule has 3 heterocycles. The van der Waals surface area contributed by atoms with E-state index in [-0.39, 0.29) is 11.3 Å². The molecule has 7 heteroatoms. The summed E-state index contributed by atoms with van der Waals surface area (Å²) in [6, 6.07) is 5.70. The van der Waals surface area contributed by atoms with E-state index < -0.39 is 0 Å². The lowest BCUT2D eigenvalue weighted by Crippen LogP contribution is -2.51. The zero-order valence-electron chi connectivity index (χ0n) is 13.8. The third-order valence-electron chi connectivity index (χ3n) is 3.91. The molecule has 0 bridgehead atoms. The first-order chi connectivity index (χ1) is 10.9. The van der Waals surface area contributed by atoms with E-state index in [0.717, 1.165) is 32.0 Å². The summed E-state index contributed by atoms with van der Waals surface area (Å²) in [4.78, 5) is 16.4. The number of amides is 1. The van der Waals surface area contributed by atoms with Crippen LogP contribution in [0.4, 0.5) is 5.82 Å². The van der Waals surface area contributed by atoms with Gasteiger partial charge in [-0.25, -0.2) is 4.68 Å². The van der Waals surface area contributed by atoms with Gasteiger partial charge in [-0.3, -0.25) is 4.79 Å². The molecule has 0 saturated carbocycles. The van der Waals surface area contributed by atoms with Gasteiger partial charge in [0.1, 0.15) is 0 Å². The highest BCUT2D eigenvalue weighted by molar-refractivity contribution is 5.81. The largest absolute Gasteiger partial charge is 0.352 e. The number of nitrogens with zero attached hydrogens (tertiary/aromatic N) is 6. The quantitative estimate of drug-likeness (QED) is 0.837. The van der Waals surface area contributed by atoms with Crippen LogP contribution in [0.15, 0.2) is 30.6 Å². The molecular weight excluding hydrogens is 292 g/mol. The van der Waals surface area contributed by atoms with Crippen molar-refractivity contribution in [2.75, 3.05) is 31.1 Å². The summed E-state index contributed by atoms with van der Waals surface area (Å²) in [6.45, 7) is 8.87. The van der Waals surface area contributed by atoms with Crippen molar-refractivity contribution in [3.63, 3.8) is 0 Å². The van der Waals surface area contributed by atoms with Crippen LogP contribution >= 0.6 is 0 Å². The molecule has 1 fully saturated rings. The van der Waals surface area contributed by atoms with E-state index in [1.807, 2.05) is 50.1 Å². The van der Waals surface area contributed by atoms with Crippen molar-refractivity contribution in [3.8, 4) is 5.82 Å². The first-order valence-corrected chi connectivity index (χ1v) is 7.83. The van der Waals surface area contributed by atoms with Crippen LogP contribution in [0.5, 0.6) is 0 Å². The minimum absolute atomic E-state index is 0.206. The molecule has 23 heavy (non-hydrogen) atoms. The predicted octanol–water partition coefficient (Wildman–Crippen LogP) is 1.36. The minimum atomic E-state index is -0.326. The molecule has 0 N–H and O–H groups in total. The van der Waals surface area contributed by atoms with Gasteiger partial charge in [-0.2, -0.15) is 5.10 Å². The molecular formula is C16H22N6O. The van der Waals surface area contributed by atoms with E-state index in [0.29, 0.717) is 5.82 Å². The molecule has 0 radical (unpaired) electrons. The normalized spacial score (nSPS) is 15.8. The molecule has 0 aliphatic carbocycles. The highest BCUT2D eigenvalue weighted by Crippen LogP contribution is 2.20. The average Bonchev–Trinajstić information content (AvgIpc) is 3.08. The Morgan fingerprint density at radius 2 is 1.70 bits per heavy atom. The maximum Gasteiger partial charge on any atom is 0.228 e. The molecule has 0 spiro atoms. The van der Waals surface area contributed by atoms with Crippen LogP contribution in [-0.2, 0) is 4.79 Å². The highest BCUT2D eigenvalue weighted by atomic mass is 16.2. The number of carbonyl (C=O) groups is 1. The monoisotopic (exact) mass is 314 g/mol. The van der Waals surface area contributed by atoms with E-state index in [9.17, 15) is 4.79 Å². The van der Waals surface area contributed by atoms with Crippen molar-refractivity contribution in [3.05, 3.63) is 30.6 Å². The van der Waals surface area contributed by atoms with Crippen LogP contribution in [0.3, 0.4) is 0 Å². The number of hydrogen-bond donors (Lipinski definition) is 0. The molecule has 2 aromatic heterocycles. The molecule has 3 rings (SSSR count). The third kappa shape index (κ3) is 3.33. The summed E-state index contributed by atoms with van der Waals surface area (Å²) in [7, 11) is 0. The zero-order chi connectivity index (χ0) is 16.4. The predicted molar refractivity (Wildman–Crippen MR) is 87.4 cm³/mol. The van der Waals surface area contributed by atoms with Gasteiger partial charge in [0.05, 0.1) is 0 Å². The molecule has 0 unspecified atom stereocenters. The molecule has 1 aliphatic rings. The Bertz CT molecular complexity index is 651. The van der Waals surface area contributed by atoms with Gasteiger partial charge in [-0.05, 0) is 18.2 Å². The second-order valence-electron chi connectivity index (χ2n) is 6.73. The van der Waals surface area contributed by atoms with Gasteiger partial charge in [0.2, 0.25) is 5.91 Å². The van der Waals surface area contributed by atoms with Crippen LogP contribution in [0, 0.1) is 5.41 Å². The fourth-order valence-corrected chi connectivity index (χ4v) is 2.63. The summed E-state index contributed by atoms with van der Waals surface area (Å²) in [5.41, 5.74) is -0.326. The smallest absolute Gasteiger partial charge is 0.228 e. The number of hydrogen-bond acceptors (Lipinski definition) is 5. The lowest BCUT2D eigenvalue weighted by molar-refractivity contribution is -0.139. The van der Waals surface area contributed by atoms with Crippen LogP contribution in [0.25, 0.3) is 5.82 Å². The van der Waals surface area contributed by atoms with Crippen LogP contribution < -0.4 is 4.90 Å². The SMILES string of the molecule is CC(C)(C)C(=O)N1CCN(c2ccc(-n3cccn3)nn2)CC1. The summed E-state index contributed by atoms with van der Waals surface area (Å²) in [6.07, 6.45) is 3.54. The van der Waals surface area contributed by atoms with Crippen molar-refractivity contribution < 1.29 is 4.79 Å². The average molecular weight is 314 g/mol. The maximum atomic E-state index is 12.3. The van der Waals surface area contributed by atoms with E-state index in [2.05, 4.69) is 20.2 Å². The Morgan fingerprint density at radius 3 is 2.22 bits per heavy atom. The molecule has 0 atom stereocenters. The fourth-order valence-electron chi connectivity index (χ4n) is 2.63. The lowest BCUT2D eigenvalue weighted by Gasteiger charge is -2.37. The standard InChI is InChI=1S/C16H22N6O/c1-16(2,3)15(23)21-11-9-20(10-12-21)13-5-6-14(19-18-13)22-8-4-7-17-22/h4-8H,9-12H2,1-3H3. The van der Waals surface area contributed by atoms with Gasteiger partial charge in [-0.1, -0.05) is 20.8 Å². The van der Waals surface area contributed by atoms with E-state index in [1.54, 1.807) is 10.9 Å².